The largest absolute Gasteiger partial charge is 0.0885 e. The van der Waals surface area contributed by atoms with Gasteiger partial charge in [0.05, 0.1) is 0 Å². The normalized spacial score (nSPS) is 11.4. The van der Waals surface area contributed by atoms with E-state index in [2.05, 4.69) is 26.0 Å². The lowest BCUT2D eigenvalue weighted by molar-refractivity contribution is 0.557. The molecule has 0 fully saturated rings. The maximum Gasteiger partial charge on any atom is -0.0351 e. The molecule has 0 rings (SSSR count). The third-order valence-corrected chi connectivity index (χ3v) is 3.62. The van der Waals surface area contributed by atoms with Crippen molar-refractivity contribution in [3.05, 3.63) is 12.2 Å². The Morgan fingerprint density at radius 1 is 0.444 bits per heavy atom. The maximum atomic E-state index is 2.39. The topological polar surface area (TPSA) is 0 Å². The molecule has 0 saturated heterocycles. The van der Waals surface area contributed by atoms with Crippen LogP contribution in [0.25, 0.3) is 0 Å². The van der Waals surface area contributed by atoms with Crippen molar-refractivity contribution in [2.24, 2.45) is 0 Å². The van der Waals surface area contributed by atoms with Gasteiger partial charge >= 0.3 is 0 Å². The fourth-order valence-electron chi connectivity index (χ4n) is 2.31. The van der Waals surface area contributed by atoms with Crippen LogP contribution in [-0.4, -0.2) is 0 Å². The van der Waals surface area contributed by atoms with Crippen molar-refractivity contribution in [1.82, 2.24) is 0 Å². The Bertz CT molecular complexity index is 157. The summed E-state index contributed by atoms with van der Waals surface area (Å²) < 4.78 is 0. The number of hydrogen-bond donors (Lipinski definition) is 0. The molecule has 0 aliphatic rings. The second kappa shape index (κ2) is 16.7. The van der Waals surface area contributed by atoms with Crippen LogP contribution >= 0.6 is 0 Å². The van der Waals surface area contributed by atoms with Crippen LogP contribution in [0.15, 0.2) is 12.2 Å². The van der Waals surface area contributed by atoms with Crippen molar-refractivity contribution >= 4 is 0 Å². The minimum atomic E-state index is 1.29. The smallest absolute Gasteiger partial charge is 0.0351 e. The van der Waals surface area contributed by atoms with Gasteiger partial charge in [-0.2, -0.15) is 0 Å². The van der Waals surface area contributed by atoms with Crippen LogP contribution in [0.2, 0.25) is 0 Å². The second-order valence-electron chi connectivity index (χ2n) is 5.58. The van der Waals surface area contributed by atoms with Gasteiger partial charge in [-0.25, -0.2) is 0 Å². The van der Waals surface area contributed by atoms with E-state index in [4.69, 9.17) is 0 Å². The van der Waals surface area contributed by atoms with Gasteiger partial charge in [-0.1, -0.05) is 96.6 Å². The van der Waals surface area contributed by atoms with E-state index >= 15 is 0 Å². The highest BCUT2D eigenvalue weighted by molar-refractivity contribution is 4.81. The summed E-state index contributed by atoms with van der Waals surface area (Å²) in [5.41, 5.74) is 0. The van der Waals surface area contributed by atoms with Crippen LogP contribution in [0.3, 0.4) is 0 Å². The lowest BCUT2D eigenvalue weighted by atomic mass is 10.1. The van der Waals surface area contributed by atoms with Crippen LogP contribution in [-0.2, 0) is 0 Å². The molecule has 0 heterocycles. The van der Waals surface area contributed by atoms with Gasteiger partial charge in [0.1, 0.15) is 0 Å². The lowest BCUT2D eigenvalue weighted by Crippen LogP contribution is -1.81. The van der Waals surface area contributed by atoms with E-state index in [9.17, 15) is 0 Å². The fraction of sp³-hybridized carbons (Fsp3) is 0.889. The molecule has 0 aliphatic heterocycles. The molecule has 0 spiro atoms. The van der Waals surface area contributed by atoms with E-state index in [0.29, 0.717) is 0 Å². The molecule has 0 aliphatic carbocycles. The summed E-state index contributed by atoms with van der Waals surface area (Å²) >= 11 is 0. The first-order valence-corrected chi connectivity index (χ1v) is 8.56. The van der Waals surface area contributed by atoms with Crippen molar-refractivity contribution in [3.8, 4) is 0 Å². The molecule has 0 amide bonds. The Kier molecular flexibility index (Phi) is 16.5. The third kappa shape index (κ3) is 15.7. The molecule has 0 nitrogen and oxygen atoms in total. The molecular formula is C18H36. The van der Waals surface area contributed by atoms with Gasteiger partial charge < -0.3 is 0 Å². The van der Waals surface area contributed by atoms with Crippen molar-refractivity contribution in [1.29, 1.82) is 0 Å². The fourth-order valence-corrected chi connectivity index (χ4v) is 2.31. The highest BCUT2D eigenvalue weighted by Gasteiger charge is 1.91. The van der Waals surface area contributed by atoms with E-state index < -0.39 is 0 Å². The van der Waals surface area contributed by atoms with E-state index in [1.165, 1.54) is 89.9 Å². The first kappa shape index (κ1) is 17.7. The third-order valence-electron chi connectivity index (χ3n) is 3.62. The molecule has 18 heavy (non-hydrogen) atoms. The van der Waals surface area contributed by atoms with Gasteiger partial charge in [-0.3, -0.25) is 0 Å². The molecule has 0 radical (unpaired) electrons. The molecule has 0 bridgehead atoms. The standard InChI is InChI=1S/C18H36/c1-3-5-7-9-11-13-15-17-18-16-14-12-10-8-6-4-2/h9,11H,3-8,10,12-18H2,1-2H3/b11-9-. The zero-order chi connectivity index (χ0) is 13.3. The second-order valence-corrected chi connectivity index (χ2v) is 5.58. The molecule has 0 atom stereocenters. The van der Waals surface area contributed by atoms with E-state index in [1.54, 1.807) is 0 Å². The van der Waals surface area contributed by atoms with E-state index in [0.717, 1.165) is 0 Å². The predicted octanol–water partition coefficient (Wildman–Crippen LogP) is 7.04. The molecule has 0 aromatic heterocycles. The highest BCUT2D eigenvalue weighted by atomic mass is 14.0. The summed E-state index contributed by atoms with van der Waals surface area (Å²) in [5.74, 6) is 0. The predicted molar refractivity (Wildman–Crippen MR) is 85.1 cm³/mol. The highest BCUT2D eigenvalue weighted by Crippen LogP contribution is 2.11. The maximum absolute atomic E-state index is 2.39. The van der Waals surface area contributed by atoms with Gasteiger partial charge in [0, 0.05) is 0 Å². The summed E-state index contributed by atoms with van der Waals surface area (Å²) in [4.78, 5) is 0. The minimum absolute atomic E-state index is 1.29. The average molecular weight is 252 g/mol. The zero-order valence-electron chi connectivity index (χ0n) is 13.1. The quantitative estimate of drug-likeness (QED) is 0.230. The molecule has 0 N–H and O–H groups in total. The van der Waals surface area contributed by atoms with Gasteiger partial charge in [-0.05, 0) is 19.3 Å². The van der Waals surface area contributed by atoms with Gasteiger partial charge in [0.15, 0.2) is 0 Å². The molecule has 0 saturated carbocycles. The van der Waals surface area contributed by atoms with Crippen LogP contribution in [0.5, 0.6) is 0 Å². The summed E-state index contributed by atoms with van der Waals surface area (Å²) in [6.45, 7) is 4.55. The summed E-state index contributed by atoms with van der Waals surface area (Å²) in [6.07, 6.45) is 24.5. The molecular weight excluding hydrogens is 216 g/mol. The van der Waals surface area contributed by atoms with Crippen LogP contribution in [0, 0.1) is 0 Å². The van der Waals surface area contributed by atoms with Gasteiger partial charge in [-0.15, -0.1) is 0 Å². The average Bonchev–Trinajstić information content (AvgIpc) is 2.39. The van der Waals surface area contributed by atoms with Crippen molar-refractivity contribution in [2.75, 3.05) is 0 Å². The van der Waals surface area contributed by atoms with Crippen LogP contribution < -0.4 is 0 Å². The number of allylic oxidation sites excluding steroid dienone is 2. The van der Waals surface area contributed by atoms with E-state index in [-0.39, 0.29) is 0 Å². The number of rotatable bonds is 14. The van der Waals surface area contributed by atoms with E-state index in [1.807, 2.05) is 0 Å². The van der Waals surface area contributed by atoms with Gasteiger partial charge in [0.25, 0.3) is 0 Å². The monoisotopic (exact) mass is 252 g/mol. The minimum Gasteiger partial charge on any atom is -0.0885 e. The van der Waals surface area contributed by atoms with Crippen molar-refractivity contribution in [3.63, 3.8) is 0 Å². The Labute approximate surface area is 116 Å². The first-order valence-electron chi connectivity index (χ1n) is 8.56. The van der Waals surface area contributed by atoms with Gasteiger partial charge in [0.2, 0.25) is 0 Å². The summed E-state index contributed by atoms with van der Waals surface area (Å²) in [7, 11) is 0. The van der Waals surface area contributed by atoms with Crippen molar-refractivity contribution in [2.45, 2.75) is 104 Å². The zero-order valence-corrected chi connectivity index (χ0v) is 13.1. The van der Waals surface area contributed by atoms with Crippen LogP contribution in [0.4, 0.5) is 0 Å². The Balaban J connectivity index is 2.96. The lowest BCUT2D eigenvalue weighted by Gasteiger charge is -2.01. The van der Waals surface area contributed by atoms with Crippen LogP contribution in [0.1, 0.15) is 104 Å². The Hall–Kier alpha value is -0.260. The van der Waals surface area contributed by atoms with Crippen molar-refractivity contribution < 1.29 is 0 Å². The number of hydrogen-bond acceptors (Lipinski definition) is 0. The molecule has 0 heteroatoms. The molecule has 0 unspecified atom stereocenters. The number of unbranched alkanes of at least 4 members (excludes halogenated alkanes) is 12. The molecule has 0 aromatic rings. The summed E-state index contributed by atoms with van der Waals surface area (Å²) in [6, 6.07) is 0. The molecule has 0 aromatic carbocycles. The Morgan fingerprint density at radius 3 is 1.33 bits per heavy atom. The first-order chi connectivity index (χ1) is 8.91. The summed E-state index contributed by atoms with van der Waals surface area (Å²) in [5, 5.41) is 0. The Morgan fingerprint density at radius 2 is 0.833 bits per heavy atom. The molecule has 108 valence electrons. The SMILES string of the molecule is CCCC/C=C\CCCCCCCCCCCC.